The fourth-order valence-electron chi connectivity index (χ4n) is 3.18. The molecule has 0 bridgehead atoms. The molecule has 4 rings (SSSR count). The lowest BCUT2D eigenvalue weighted by Crippen LogP contribution is -2.43. The Hall–Kier alpha value is -2.30. The van der Waals surface area contributed by atoms with Crippen molar-refractivity contribution in [2.45, 2.75) is 34.4 Å². The normalized spacial score (nSPS) is 19.4. The number of benzene rings is 1. The molecule has 2 aliphatic rings. The summed E-state index contributed by atoms with van der Waals surface area (Å²) < 4.78 is 32.6. The van der Waals surface area contributed by atoms with Crippen molar-refractivity contribution in [3.8, 4) is 0 Å². The summed E-state index contributed by atoms with van der Waals surface area (Å²) in [6, 6.07) is 7.83. The number of hydrogen-bond acceptors (Lipinski definition) is 6. The van der Waals surface area contributed by atoms with E-state index in [0.717, 1.165) is 24.6 Å². The van der Waals surface area contributed by atoms with Crippen LogP contribution >= 0.6 is 11.8 Å². The first-order valence-corrected chi connectivity index (χ1v) is 11.2. The largest absolute Gasteiger partial charge is 0.468 e. The zero-order valence-electron chi connectivity index (χ0n) is 14.9. The van der Waals surface area contributed by atoms with Gasteiger partial charge in [-0.05, 0) is 43.2 Å². The highest BCUT2D eigenvalue weighted by atomic mass is 32.2. The SMILES string of the molecule is O=C1Nc2cc(S(=O)(=O)NCc3ccco3)ccc2S[C@@H]1C(=O)N1CCCC1. The summed E-state index contributed by atoms with van der Waals surface area (Å²) in [5, 5.41) is 1.84. The van der Waals surface area contributed by atoms with Gasteiger partial charge in [-0.25, -0.2) is 13.1 Å². The number of rotatable bonds is 5. The number of carbonyl (C=O) groups excluding carboxylic acids is 2. The van der Waals surface area contributed by atoms with Gasteiger partial charge in [0.15, 0.2) is 5.25 Å². The van der Waals surface area contributed by atoms with E-state index in [1.807, 2.05) is 0 Å². The van der Waals surface area contributed by atoms with Gasteiger partial charge in [0.1, 0.15) is 5.76 Å². The number of hydrogen-bond donors (Lipinski definition) is 2. The zero-order chi connectivity index (χ0) is 19.7. The van der Waals surface area contributed by atoms with Crippen molar-refractivity contribution in [2.24, 2.45) is 0 Å². The van der Waals surface area contributed by atoms with Crippen LogP contribution in [0.3, 0.4) is 0 Å². The van der Waals surface area contributed by atoms with Crippen molar-refractivity contribution < 1.29 is 22.4 Å². The Morgan fingerprint density at radius 1 is 1.29 bits per heavy atom. The third-order valence-electron chi connectivity index (χ3n) is 4.66. The van der Waals surface area contributed by atoms with Gasteiger partial charge in [0, 0.05) is 18.0 Å². The fraction of sp³-hybridized carbons (Fsp3) is 0.333. The molecule has 2 N–H and O–H groups in total. The second-order valence-corrected chi connectivity index (χ2v) is 9.50. The average molecular weight is 422 g/mol. The molecule has 2 aromatic rings. The van der Waals surface area contributed by atoms with Gasteiger partial charge in [0.2, 0.25) is 21.8 Å². The Morgan fingerprint density at radius 3 is 2.79 bits per heavy atom. The highest BCUT2D eigenvalue weighted by molar-refractivity contribution is 8.01. The van der Waals surface area contributed by atoms with E-state index in [1.165, 1.54) is 18.4 Å². The van der Waals surface area contributed by atoms with Crippen molar-refractivity contribution in [1.29, 1.82) is 0 Å². The molecule has 148 valence electrons. The summed E-state index contributed by atoms with van der Waals surface area (Å²) in [4.78, 5) is 27.4. The van der Waals surface area contributed by atoms with Gasteiger partial charge in [-0.1, -0.05) is 0 Å². The molecular weight excluding hydrogens is 402 g/mol. The van der Waals surface area contributed by atoms with E-state index in [-0.39, 0.29) is 17.3 Å². The Bertz CT molecular complexity index is 998. The van der Waals surface area contributed by atoms with Gasteiger partial charge in [-0.3, -0.25) is 9.59 Å². The first-order chi connectivity index (χ1) is 13.4. The molecule has 1 fully saturated rings. The van der Waals surface area contributed by atoms with Crippen LogP contribution < -0.4 is 10.0 Å². The Labute approximate surface area is 166 Å². The number of thioether (sulfide) groups is 1. The van der Waals surface area contributed by atoms with Crippen LogP contribution in [0.4, 0.5) is 5.69 Å². The third kappa shape index (κ3) is 3.80. The van der Waals surface area contributed by atoms with Gasteiger partial charge in [0.05, 0.1) is 23.4 Å². The molecule has 1 aromatic carbocycles. The molecule has 2 amide bonds. The van der Waals surface area contributed by atoms with E-state index >= 15 is 0 Å². The molecule has 0 radical (unpaired) electrons. The average Bonchev–Trinajstić information content (AvgIpc) is 3.38. The number of likely N-dealkylation sites (tertiary alicyclic amines) is 1. The van der Waals surface area contributed by atoms with Crippen LogP contribution in [0.5, 0.6) is 0 Å². The summed E-state index contributed by atoms with van der Waals surface area (Å²) in [5.41, 5.74) is 0.390. The standard InChI is InChI=1S/C18H19N3O5S2/c22-17-16(18(23)21-7-1-2-8-21)27-15-6-5-13(10-14(15)20-17)28(24,25)19-11-12-4-3-9-26-12/h3-6,9-10,16,19H,1-2,7-8,11H2,(H,20,22)/t16-/m0/s1. The molecule has 0 saturated carbocycles. The number of sulfonamides is 1. The monoisotopic (exact) mass is 421 g/mol. The smallest absolute Gasteiger partial charge is 0.247 e. The highest BCUT2D eigenvalue weighted by Gasteiger charge is 2.37. The molecule has 3 heterocycles. The van der Waals surface area contributed by atoms with Crippen LogP contribution in [0.25, 0.3) is 0 Å². The zero-order valence-corrected chi connectivity index (χ0v) is 16.5. The highest BCUT2D eigenvalue weighted by Crippen LogP contribution is 2.38. The van der Waals surface area contributed by atoms with E-state index in [2.05, 4.69) is 10.0 Å². The van der Waals surface area contributed by atoms with Crippen molar-refractivity contribution in [3.63, 3.8) is 0 Å². The number of amides is 2. The van der Waals surface area contributed by atoms with Gasteiger partial charge in [-0.2, -0.15) is 0 Å². The molecule has 0 unspecified atom stereocenters. The first kappa shape index (κ1) is 19.0. The molecule has 0 spiro atoms. The molecule has 28 heavy (non-hydrogen) atoms. The second-order valence-electron chi connectivity index (χ2n) is 6.58. The van der Waals surface area contributed by atoms with Crippen LogP contribution in [-0.2, 0) is 26.2 Å². The maximum atomic E-state index is 12.6. The minimum atomic E-state index is -3.78. The summed E-state index contributed by atoms with van der Waals surface area (Å²) in [6.07, 6.45) is 3.37. The molecule has 8 nitrogen and oxygen atoms in total. The van der Waals surface area contributed by atoms with E-state index in [4.69, 9.17) is 4.42 Å². The van der Waals surface area contributed by atoms with E-state index in [0.29, 0.717) is 29.4 Å². The van der Waals surface area contributed by atoms with Gasteiger partial charge in [-0.15, -0.1) is 11.8 Å². The molecule has 1 aromatic heterocycles. The van der Waals surface area contributed by atoms with Crippen molar-refractivity contribution in [2.75, 3.05) is 18.4 Å². The molecule has 2 aliphatic heterocycles. The molecule has 1 saturated heterocycles. The molecule has 10 heteroatoms. The van der Waals surface area contributed by atoms with Crippen LogP contribution in [0.1, 0.15) is 18.6 Å². The van der Waals surface area contributed by atoms with Crippen LogP contribution in [0, 0.1) is 0 Å². The van der Waals surface area contributed by atoms with Gasteiger partial charge >= 0.3 is 0 Å². The lowest BCUT2D eigenvalue weighted by molar-refractivity contribution is -0.133. The predicted octanol–water partition coefficient (Wildman–Crippen LogP) is 1.79. The molecule has 0 aliphatic carbocycles. The van der Waals surface area contributed by atoms with E-state index in [9.17, 15) is 18.0 Å². The predicted molar refractivity (Wildman–Crippen MR) is 103 cm³/mol. The fourth-order valence-corrected chi connectivity index (χ4v) is 5.26. The Balaban J connectivity index is 1.50. The number of furan rings is 1. The minimum absolute atomic E-state index is 0.0277. The van der Waals surface area contributed by atoms with Crippen LogP contribution in [0.2, 0.25) is 0 Å². The Morgan fingerprint density at radius 2 is 2.07 bits per heavy atom. The number of nitrogens with zero attached hydrogens (tertiary/aromatic N) is 1. The maximum Gasteiger partial charge on any atom is 0.247 e. The molecular formula is C18H19N3O5S2. The number of nitrogens with one attached hydrogen (secondary N) is 2. The summed E-state index contributed by atoms with van der Waals surface area (Å²) in [5.74, 6) is -0.122. The lowest BCUT2D eigenvalue weighted by Gasteiger charge is -2.27. The number of anilines is 1. The molecule has 1 atom stereocenters. The van der Waals surface area contributed by atoms with Gasteiger partial charge < -0.3 is 14.6 Å². The summed E-state index contributed by atoms with van der Waals surface area (Å²) >= 11 is 1.16. The topological polar surface area (TPSA) is 109 Å². The van der Waals surface area contributed by atoms with Crippen LogP contribution in [-0.4, -0.2) is 43.5 Å². The van der Waals surface area contributed by atoms with Crippen molar-refractivity contribution in [3.05, 3.63) is 42.4 Å². The van der Waals surface area contributed by atoms with E-state index < -0.39 is 21.2 Å². The van der Waals surface area contributed by atoms with E-state index in [1.54, 1.807) is 23.1 Å². The quantitative estimate of drug-likeness (QED) is 0.713. The summed E-state index contributed by atoms with van der Waals surface area (Å²) in [6.45, 7) is 1.38. The first-order valence-electron chi connectivity index (χ1n) is 8.86. The minimum Gasteiger partial charge on any atom is -0.468 e. The van der Waals surface area contributed by atoms with Crippen molar-refractivity contribution >= 4 is 39.3 Å². The summed E-state index contributed by atoms with van der Waals surface area (Å²) in [7, 11) is -3.78. The van der Waals surface area contributed by atoms with Crippen molar-refractivity contribution in [1.82, 2.24) is 9.62 Å². The lowest BCUT2D eigenvalue weighted by atomic mass is 10.2. The maximum absolute atomic E-state index is 12.6. The third-order valence-corrected chi connectivity index (χ3v) is 7.32. The van der Waals surface area contributed by atoms with Gasteiger partial charge in [0.25, 0.3) is 0 Å². The second kappa shape index (κ2) is 7.61. The Kier molecular flexibility index (Phi) is 5.17. The number of carbonyl (C=O) groups is 2. The number of fused-ring (bicyclic) bond motifs is 1. The van der Waals surface area contributed by atoms with Crippen LogP contribution in [0.15, 0.2) is 50.8 Å².